The van der Waals surface area contributed by atoms with E-state index in [-0.39, 0.29) is 24.2 Å². The predicted molar refractivity (Wildman–Crippen MR) is 68.9 cm³/mol. The van der Waals surface area contributed by atoms with Gasteiger partial charge in [0.25, 0.3) is 0 Å². The summed E-state index contributed by atoms with van der Waals surface area (Å²) < 4.78 is 0. The number of aliphatic hydroxyl groups excluding tert-OH is 1. The lowest BCUT2D eigenvalue weighted by Crippen LogP contribution is -2.34. The Morgan fingerprint density at radius 1 is 1.22 bits per heavy atom. The van der Waals surface area contributed by atoms with E-state index in [1.807, 2.05) is 18.2 Å². The molecule has 2 unspecified atom stereocenters. The molecule has 4 nitrogen and oxygen atoms in total. The third-order valence-electron chi connectivity index (χ3n) is 2.56. The normalized spacial score (nSPS) is 13.7. The molecule has 0 bridgehead atoms. The summed E-state index contributed by atoms with van der Waals surface area (Å²) in [5.41, 5.74) is 0.715. The van der Waals surface area contributed by atoms with Crippen molar-refractivity contribution in [3.8, 4) is 0 Å². The summed E-state index contributed by atoms with van der Waals surface area (Å²) in [4.78, 5) is 22.5. The number of carbonyl (C=O) groups is 2. The molecule has 1 aromatic rings. The molecular weight excluding hydrogens is 230 g/mol. The molecule has 0 spiro atoms. The van der Waals surface area contributed by atoms with Gasteiger partial charge in [0.1, 0.15) is 5.78 Å². The number of hydrogen-bond acceptors (Lipinski definition) is 3. The molecule has 2 atom stereocenters. The van der Waals surface area contributed by atoms with Gasteiger partial charge < -0.3 is 10.4 Å². The van der Waals surface area contributed by atoms with Gasteiger partial charge in [0.15, 0.2) is 0 Å². The maximum absolute atomic E-state index is 11.6. The Morgan fingerprint density at radius 2 is 1.83 bits per heavy atom. The van der Waals surface area contributed by atoms with E-state index in [1.165, 1.54) is 6.92 Å². The molecule has 0 heterocycles. The van der Waals surface area contributed by atoms with E-state index < -0.39 is 6.10 Å². The van der Waals surface area contributed by atoms with Crippen LogP contribution in [0.4, 0.5) is 0 Å². The summed E-state index contributed by atoms with van der Waals surface area (Å²) >= 11 is 0. The first kappa shape index (κ1) is 14.4. The maximum Gasteiger partial charge on any atom is 0.223 e. The molecule has 1 rings (SSSR count). The highest BCUT2D eigenvalue weighted by atomic mass is 16.3. The summed E-state index contributed by atoms with van der Waals surface area (Å²) in [5.74, 6) is -0.216. The Bertz CT molecular complexity index is 403. The van der Waals surface area contributed by atoms with Crippen molar-refractivity contribution >= 4 is 11.7 Å². The van der Waals surface area contributed by atoms with Gasteiger partial charge in [-0.05, 0) is 19.4 Å². The van der Waals surface area contributed by atoms with Gasteiger partial charge >= 0.3 is 0 Å². The van der Waals surface area contributed by atoms with Crippen LogP contribution in [-0.2, 0) is 9.59 Å². The number of nitrogens with one attached hydrogen (secondary N) is 1. The number of aliphatic hydroxyl groups is 1. The van der Waals surface area contributed by atoms with Gasteiger partial charge in [-0.25, -0.2) is 0 Å². The Balaban J connectivity index is 2.43. The molecule has 2 N–H and O–H groups in total. The van der Waals surface area contributed by atoms with Crippen molar-refractivity contribution in [2.75, 3.05) is 0 Å². The zero-order valence-electron chi connectivity index (χ0n) is 10.7. The molecule has 98 valence electrons. The molecule has 18 heavy (non-hydrogen) atoms. The van der Waals surface area contributed by atoms with Crippen LogP contribution in [0.1, 0.15) is 38.4 Å². The van der Waals surface area contributed by atoms with Crippen LogP contribution < -0.4 is 5.32 Å². The second kappa shape index (κ2) is 6.91. The molecule has 0 fully saturated rings. The van der Waals surface area contributed by atoms with E-state index >= 15 is 0 Å². The van der Waals surface area contributed by atoms with Crippen LogP contribution in [0.15, 0.2) is 30.3 Å². The summed E-state index contributed by atoms with van der Waals surface area (Å²) in [7, 11) is 0. The van der Waals surface area contributed by atoms with Crippen LogP contribution in [0, 0.1) is 0 Å². The Morgan fingerprint density at radius 3 is 2.39 bits per heavy atom. The quantitative estimate of drug-likeness (QED) is 0.804. The first-order valence-corrected chi connectivity index (χ1v) is 6.01. The van der Waals surface area contributed by atoms with Gasteiger partial charge in [-0.15, -0.1) is 0 Å². The largest absolute Gasteiger partial charge is 0.388 e. The highest BCUT2D eigenvalue weighted by molar-refractivity contribution is 5.79. The molecule has 0 saturated heterocycles. The maximum atomic E-state index is 11.6. The van der Waals surface area contributed by atoms with E-state index in [0.717, 1.165) is 0 Å². The Kier molecular flexibility index (Phi) is 5.52. The number of ketones is 1. The molecular formula is C14H19NO3. The fraction of sp³-hybridized carbons (Fsp3) is 0.429. The van der Waals surface area contributed by atoms with Crippen molar-refractivity contribution in [3.05, 3.63) is 35.9 Å². The van der Waals surface area contributed by atoms with Gasteiger partial charge in [0, 0.05) is 12.5 Å². The molecule has 0 aliphatic heterocycles. The van der Waals surface area contributed by atoms with Crippen LogP contribution in [0.25, 0.3) is 0 Å². The van der Waals surface area contributed by atoms with Crippen molar-refractivity contribution in [2.24, 2.45) is 0 Å². The van der Waals surface area contributed by atoms with Gasteiger partial charge in [-0.3, -0.25) is 9.59 Å². The minimum absolute atomic E-state index is 0.00621. The van der Waals surface area contributed by atoms with Crippen LogP contribution >= 0.6 is 0 Å². The van der Waals surface area contributed by atoms with Gasteiger partial charge in [-0.1, -0.05) is 30.3 Å². The predicted octanol–water partition coefficient (Wildman–Crippen LogP) is 1.59. The number of benzene rings is 1. The van der Waals surface area contributed by atoms with E-state index in [4.69, 9.17) is 0 Å². The third kappa shape index (κ3) is 5.10. The molecule has 1 aromatic carbocycles. The second-order valence-corrected chi connectivity index (χ2v) is 4.51. The average molecular weight is 249 g/mol. The monoisotopic (exact) mass is 249 g/mol. The van der Waals surface area contributed by atoms with Crippen molar-refractivity contribution in [1.29, 1.82) is 0 Å². The first-order chi connectivity index (χ1) is 8.49. The second-order valence-electron chi connectivity index (χ2n) is 4.51. The topological polar surface area (TPSA) is 66.4 Å². The third-order valence-corrected chi connectivity index (χ3v) is 2.56. The van der Waals surface area contributed by atoms with Gasteiger partial charge in [0.05, 0.1) is 12.5 Å². The lowest BCUT2D eigenvalue weighted by atomic mass is 10.1. The van der Waals surface area contributed by atoms with Crippen molar-refractivity contribution in [3.63, 3.8) is 0 Å². The highest BCUT2D eigenvalue weighted by Gasteiger charge is 2.15. The van der Waals surface area contributed by atoms with Crippen molar-refractivity contribution in [2.45, 2.75) is 38.8 Å². The van der Waals surface area contributed by atoms with E-state index in [9.17, 15) is 14.7 Å². The average Bonchev–Trinajstić information content (AvgIpc) is 2.28. The molecule has 0 saturated carbocycles. The molecule has 0 radical (unpaired) electrons. The Labute approximate surface area is 107 Å². The molecule has 4 heteroatoms. The fourth-order valence-corrected chi connectivity index (χ4v) is 1.78. The van der Waals surface area contributed by atoms with Crippen molar-refractivity contribution in [1.82, 2.24) is 5.32 Å². The zero-order chi connectivity index (χ0) is 13.5. The Hall–Kier alpha value is -1.68. The molecule has 0 aliphatic rings. The van der Waals surface area contributed by atoms with Crippen LogP contribution in [-0.4, -0.2) is 22.8 Å². The highest BCUT2D eigenvalue weighted by Crippen LogP contribution is 2.15. The zero-order valence-corrected chi connectivity index (χ0v) is 10.7. The van der Waals surface area contributed by atoms with Crippen molar-refractivity contribution < 1.29 is 14.7 Å². The molecule has 0 aliphatic carbocycles. The van der Waals surface area contributed by atoms with E-state index in [2.05, 4.69) is 5.32 Å². The number of hydrogen-bond donors (Lipinski definition) is 2. The minimum Gasteiger partial charge on any atom is -0.388 e. The van der Waals surface area contributed by atoms with E-state index in [1.54, 1.807) is 19.1 Å². The lowest BCUT2D eigenvalue weighted by molar-refractivity contribution is -0.124. The number of carbonyl (C=O) groups excluding carboxylic acids is 2. The summed E-state index contributed by atoms with van der Waals surface area (Å²) in [6, 6.07) is 8.83. The summed E-state index contributed by atoms with van der Waals surface area (Å²) in [5, 5.41) is 12.6. The van der Waals surface area contributed by atoms with Crippen LogP contribution in [0.3, 0.4) is 0 Å². The number of amides is 1. The number of rotatable bonds is 6. The smallest absolute Gasteiger partial charge is 0.223 e. The fourth-order valence-electron chi connectivity index (χ4n) is 1.78. The molecule has 0 aromatic heterocycles. The summed E-state index contributed by atoms with van der Waals surface area (Å²) in [6.45, 7) is 3.26. The van der Waals surface area contributed by atoms with Crippen LogP contribution in [0.2, 0.25) is 0 Å². The SMILES string of the molecule is CC(=O)CC(C)NC(=O)CC(O)c1ccccc1. The molecule has 1 amide bonds. The summed E-state index contributed by atoms with van der Waals surface area (Å²) in [6.07, 6.45) is -0.491. The van der Waals surface area contributed by atoms with Gasteiger partial charge in [0.2, 0.25) is 5.91 Å². The standard InChI is InChI=1S/C14H19NO3/c1-10(8-11(2)16)15-14(18)9-13(17)12-6-4-3-5-7-12/h3-7,10,13,17H,8-9H2,1-2H3,(H,15,18). The number of Topliss-reactive ketones (excluding diaryl/α,β-unsaturated/α-hetero) is 1. The van der Waals surface area contributed by atoms with E-state index in [0.29, 0.717) is 12.0 Å². The lowest BCUT2D eigenvalue weighted by Gasteiger charge is -2.15. The first-order valence-electron chi connectivity index (χ1n) is 6.01. The van der Waals surface area contributed by atoms with Gasteiger partial charge in [-0.2, -0.15) is 0 Å². The van der Waals surface area contributed by atoms with Crippen LogP contribution in [0.5, 0.6) is 0 Å². The minimum atomic E-state index is -0.810.